The van der Waals surface area contributed by atoms with E-state index in [-0.39, 0.29) is 16.6 Å². The fraction of sp³-hybridized carbons (Fsp3) is 0.586. The molecule has 0 amide bonds. The van der Waals surface area contributed by atoms with E-state index in [0.29, 0.717) is 30.1 Å². The van der Waals surface area contributed by atoms with Gasteiger partial charge in [0, 0.05) is 11.6 Å². The molecular weight excluding hydrogens is 408 g/mol. The van der Waals surface area contributed by atoms with Crippen molar-refractivity contribution in [1.82, 2.24) is 9.78 Å². The van der Waals surface area contributed by atoms with Crippen molar-refractivity contribution in [3.8, 4) is 5.69 Å². The van der Waals surface area contributed by atoms with Gasteiger partial charge in [-0.15, -0.1) is 0 Å². The van der Waals surface area contributed by atoms with Gasteiger partial charge in [-0.2, -0.15) is 5.10 Å². The van der Waals surface area contributed by atoms with E-state index in [4.69, 9.17) is 5.10 Å². The third-order valence-corrected chi connectivity index (χ3v) is 10.5. The summed E-state index contributed by atoms with van der Waals surface area (Å²) in [4.78, 5) is 12.5. The lowest BCUT2D eigenvalue weighted by molar-refractivity contribution is -0.160. The van der Waals surface area contributed by atoms with Crippen molar-refractivity contribution in [1.29, 1.82) is 0 Å². The monoisotopic (exact) mass is 444 g/mol. The molecule has 174 valence electrons. The number of carbonyl (C=O) groups is 1. The van der Waals surface area contributed by atoms with Gasteiger partial charge in [0.25, 0.3) is 0 Å². The van der Waals surface area contributed by atoms with E-state index in [0.717, 1.165) is 43.5 Å². The first-order valence-electron chi connectivity index (χ1n) is 12.8. The first-order chi connectivity index (χ1) is 15.7. The van der Waals surface area contributed by atoms with E-state index < -0.39 is 5.60 Å². The average molecular weight is 445 g/mol. The summed E-state index contributed by atoms with van der Waals surface area (Å²) < 4.78 is 2.03. The van der Waals surface area contributed by atoms with Crippen molar-refractivity contribution >= 4 is 11.9 Å². The molecule has 0 spiro atoms. The fourth-order valence-corrected chi connectivity index (χ4v) is 8.79. The summed E-state index contributed by atoms with van der Waals surface area (Å²) in [7, 11) is 0. The molecule has 2 aromatic rings. The van der Waals surface area contributed by atoms with Crippen molar-refractivity contribution in [2.75, 3.05) is 0 Å². The highest BCUT2D eigenvalue weighted by Gasteiger charge is 2.66. The maximum Gasteiger partial charge on any atom is 0.161 e. The number of benzene rings is 1. The molecule has 0 saturated heterocycles. The minimum absolute atomic E-state index is 0.0303. The zero-order valence-electron chi connectivity index (χ0n) is 20.3. The molecule has 0 unspecified atom stereocenters. The number of aliphatic hydroxyl groups is 1. The van der Waals surface area contributed by atoms with E-state index >= 15 is 0 Å². The maximum absolute atomic E-state index is 12.5. The van der Waals surface area contributed by atoms with E-state index in [1.165, 1.54) is 5.56 Å². The normalized spacial score (nSPS) is 41.4. The Balaban J connectivity index is 1.37. The molecule has 0 radical (unpaired) electrons. The third-order valence-electron chi connectivity index (χ3n) is 10.5. The predicted molar refractivity (Wildman–Crippen MR) is 130 cm³/mol. The molecule has 1 aromatic heterocycles. The van der Waals surface area contributed by atoms with E-state index in [1.54, 1.807) is 12.5 Å². The largest absolute Gasteiger partial charge is 0.382 e. The number of hydrogen-bond acceptors (Lipinski definition) is 3. The van der Waals surface area contributed by atoms with Crippen molar-refractivity contribution in [3.05, 3.63) is 53.4 Å². The van der Waals surface area contributed by atoms with Crippen molar-refractivity contribution in [2.45, 2.75) is 71.8 Å². The van der Waals surface area contributed by atoms with Crippen LogP contribution in [-0.4, -0.2) is 26.3 Å². The molecular formula is C29H36N2O2. The predicted octanol–water partition coefficient (Wildman–Crippen LogP) is 5.62. The van der Waals surface area contributed by atoms with Gasteiger partial charge in [-0.25, -0.2) is 4.68 Å². The topological polar surface area (TPSA) is 55.1 Å². The van der Waals surface area contributed by atoms with Crippen molar-refractivity contribution in [2.24, 2.45) is 34.5 Å². The number of ketones is 1. The molecule has 6 rings (SSSR count). The number of rotatable bonds is 2. The summed E-state index contributed by atoms with van der Waals surface area (Å²) in [5, 5.41) is 16.4. The number of Topliss-reactive ketones (excluding diaryl/α,β-unsaturated/α-hetero) is 1. The number of fused-ring (bicyclic) bond motifs is 6. The SMILES string of the molecule is CC(=O)[C@@]1(O)CC[C@H]2[C@@H]3C[C@H](C)C4=Cc5nn(-c6ccccc6)cc5C[C@]4(C)[C@H]3CC[C@@]21C. The van der Waals surface area contributed by atoms with Crippen LogP contribution in [0, 0.1) is 34.5 Å². The van der Waals surface area contributed by atoms with Gasteiger partial charge in [0.05, 0.1) is 11.4 Å². The van der Waals surface area contributed by atoms with Crippen LogP contribution in [-0.2, 0) is 11.2 Å². The molecule has 1 heterocycles. The second kappa shape index (κ2) is 6.91. The molecule has 4 aliphatic carbocycles. The molecule has 4 nitrogen and oxygen atoms in total. The van der Waals surface area contributed by atoms with Crippen LogP contribution in [0.1, 0.15) is 71.1 Å². The zero-order valence-corrected chi connectivity index (χ0v) is 20.3. The van der Waals surface area contributed by atoms with Gasteiger partial charge in [-0.05, 0) is 98.3 Å². The highest BCUT2D eigenvalue weighted by Crippen LogP contribution is 2.68. The standard InChI is InChI=1S/C29H36N2O2/c1-18-14-22-23(10-12-28(4)24(22)11-13-29(28,33)19(2)32)27(3)16-20-17-31(21-8-6-5-7-9-21)30-26(20)15-25(18)27/h5-9,15,17-18,22-24,33H,10-14,16H2,1-4H3/t18-,22+,23-,24-,27+,28-,29-/m0/s1. The first-order valence-corrected chi connectivity index (χ1v) is 12.8. The van der Waals surface area contributed by atoms with Gasteiger partial charge >= 0.3 is 0 Å². The van der Waals surface area contributed by atoms with Crippen LogP contribution in [0.25, 0.3) is 11.8 Å². The second-order valence-corrected chi connectivity index (χ2v) is 11.9. The summed E-state index contributed by atoms with van der Waals surface area (Å²) >= 11 is 0. The van der Waals surface area contributed by atoms with Crippen molar-refractivity contribution < 1.29 is 9.90 Å². The lowest BCUT2D eigenvalue weighted by Crippen LogP contribution is -2.58. The Kier molecular flexibility index (Phi) is 4.47. The highest BCUT2D eigenvalue weighted by molar-refractivity contribution is 5.86. The Hall–Kier alpha value is -2.20. The maximum atomic E-state index is 12.5. The average Bonchev–Trinajstić information content (AvgIpc) is 3.32. The minimum atomic E-state index is -1.14. The van der Waals surface area contributed by atoms with Gasteiger partial charge in [-0.1, -0.05) is 44.5 Å². The second-order valence-electron chi connectivity index (χ2n) is 11.9. The van der Waals surface area contributed by atoms with Gasteiger partial charge in [0.1, 0.15) is 5.60 Å². The van der Waals surface area contributed by atoms with Crippen LogP contribution in [0.4, 0.5) is 0 Å². The number of para-hydroxylation sites is 1. The first kappa shape index (κ1) is 21.3. The molecule has 33 heavy (non-hydrogen) atoms. The van der Waals surface area contributed by atoms with Crippen LogP contribution in [0.2, 0.25) is 0 Å². The van der Waals surface area contributed by atoms with Crippen LogP contribution in [0.3, 0.4) is 0 Å². The third kappa shape index (κ3) is 2.73. The number of carbonyl (C=O) groups excluding carboxylic acids is 1. The van der Waals surface area contributed by atoms with Crippen LogP contribution in [0.5, 0.6) is 0 Å². The minimum Gasteiger partial charge on any atom is -0.382 e. The Bertz CT molecular complexity index is 1150. The van der Waals surface area contributed by atoms with E-state index in [1.807, 2.05) is 10.7 Å². The molecule has 1 aromatic carbocycles. The molecule has 1 N–H and O–H groups in total. The van der Waals surface area contributed by atoms with Gasteiger partial charge < -0.3 is 5.11 Å². The molecule has 3 saturated carbocycles. The number of allylic oxidation sites excluding steroid dienone is 1. The molecule has 4 aliphatic rings. The summed E-state index contributed by atoms with van der Waals surface area (Å²) in [6.07, 6.45) is 10.5. The number of nitrogens with zero attached hydrogens (tertiary/aromatic N) is 2. The fourth-order valence-electron chi connectivity index (χ4n) is 8.79. The van der Waals surface area contributed by atoms with Crippen molar-refractivity contribution in [3.63, 3.8) is 0 Å². The Labute approximate surface area is 197 Å². The lowest BCUT2D eigenvalue weighted by Gasteiger charge is -2.60. The van der Waals surface area contributed by atoms with Gasteiger partial charge in [-0.3, -0.25) is 4.79 Å². The summed E-state index contributed by atoms with van der Waals surface area (Å²) in [5.74, 6) is 2.07. The van der Waals surface area contributed by atoms with Gasteiger partial charge in [0.2, 0.25) is 0 Å². The van der Waals surface area contributed by atoms with Crippen LogP contribution in [0.15, 0.2) is 42.1 Å². The Morgan fingerprint density at radius 2 is 1.85 bits per heavy atom. The summed E-state index contributed by atoms with van der Waals surface area (Å²) in [6.45, 7) is 8.68. The van der Waals surface area contributed by atoms with Gasteiger partial charge in [0.15, 0.2) is 5.78 Å². The highest BCUT2D eigenvalue weighted by atomic mass is 16.3. The van der Waals surface area contributed by atoms with Crippen LogP contribution < -0.4 is 0 Å². The number of aromatic nitrogens is 2. The summed E-state index contributed by atoms with van der Waals surface area (Å²) in [6, 6.07) is 10.4. The zero-order chi connectivity index (χ0) is 23.2. The lowest BCUT2D eigenvalue weighted by atomic mass is 9.44. The quantitative estimate of drug-likeness (QED) is 0.654. The molecule has 3 fully saturated rings. The Morgan fingerprint density at radius 1 is 1.12 bits per heavy atom. The number of hydrogen-bond donors (Lipinski definition) is 1. The van der Waals surface area contributed by atoms with E-state index in [2.05, 4.69) is 57.3 Å². The summed E-state index contributed by atoms with van der Waals surface area (Å²) in [5.41, 5.74) is 3.85. The molecule has 0 bridgehead atoms. The Morgan fingerprint density at radius 3 is 2.58 bits per heavy atom. The van der Waals surface area contributed by atoms with Crippen LogP contribution >= 0.6 is 0 Å². The smallest absolute Gasteiger partial charge is 0.161 e. The molecule has 7 atom stereocenters. The van der Waals surface area contributed by atoms with E-state index in [9.17, 15) is 9.90 Å². The molecule has 0 aliphatic heterocycles. The molecule has 4 heteroatoms.